The maximum atomic E-state index is 12.8. The van der Waals surface area contributed by atoms with Crippen LogP contribution in [0.4, 0.5) is 0 Å². The van der Waals surface area contributed by atoms with Crippen LogP contribution in [-0.2, 0) is 16.4 Å². The zero-order chi connectivity index (χ0) is 15.9. The van der Waals surface area contributed by atoms with Gasteiger partial charge >= 0.3 is 0 Å². The lowest BCUT2D eigenvalue weighted by atomic mass is 10.1. The van der Waals surface area contributed by atoms with Crippen LogP contribution < -0.4 is 5.32 Å². The van der Waals surface area contributed by atoms with Crippen LogP contribution >= 0.6 is 0 Å². The second-order valence-electron chi connectivity index (χ2n) is 6.09. The average molecular weight is 326 g/mol. The molecular weight excluding hydrogens is 304 g/mol. The molecule has 3 rings (SSSR count). The van der Waals surface area contributed by atoms with Gasteiger partial charge in [-0.2, -0.15) is 5.10 Å². The number of carbonyl (C=O) groups is 1. The van der Waals surface area contributed by atoms with Gasteiger partial charge in [0.1, 0.15) is 0 Å². The summed E-state index contributed by atoms with van der Waals surface area (Å²) in [7, 11) is -3.07. The molecular formula is C14H22N4O3S. The van der Waals surface area contributed by atoms with Crippen LogP contribution in [0, 0.1) is 6.92 Å². The Balaban J connectivity index is 1.85. The fraction of sp³-hybridized carbons (Fsp3) is 0.714. The van der Waals surface area contributed by atoms with E-state index in [1.165, 1.54) is 0 Å². The Morgan fingerprint density at radius 1 is 1.45 bits per heavy atom. The third kappa shape index (κ3) is 2.77. The van der Waals surface area contributed by atoms with Crippen LogP contribution in [0.5, 0.6) is 0 Å². The van der Waals surface area contributed by atoms with Crippen LogP contribution in [0.25, 0.3) is 0 Å². The maximum Gasteiger partial charge on any atom is 0.257 e. The highest BCUT2D eigenvalue weighted by Gasteiger charge is 2.45. The third-order valence-electron chi connectivity index (χ3n) is 4.37. The number of aromatic nitrogens is 2. The van der Waals surface area contributed by atoms with E-state index in [1.54, 1.807) is 15.8 Å². The van der Waals surface area contributed by atoms with Crippen LogP contribution in [0.1, 0.15) is 29.4 Å². The molecule has 1 aromatic rings. The molecule has 0 radical (unpaired) electrons. The summed E-state index contributed by atoms with van der Waals surface area (Å²) in [5, 5.41) is 7.58. The highest BCUT2D eigenvalue weighted by Crippen LogP contribution is 2.23. The molecule has 0 unspecified atom stereocenters. The van der Waals surface area contributed by atoms with Crippen molar-refractivity contribution in [3.63, 3.8) is 0 Å². The van der Waals surface area contributed by atoms with E-state index < -0.39 is 9.84 Å². The lowest BCUT2D eigenvalue weighted by Gasteiger charge is -2.37. The van der Waals surface area contributed by atoms with E-state index >= 15 is 0 Å². The van der Waals surface area contributed by atoms with Crippen molar-refractivity contribution in [3.05, 3.63) is 17.5 Å². The zero-order valence-corrected chi connectivity index (χ0v) is 13.8. The lowest BCUT2D eigenvalue weighted by molar-refractivity contribution is 0.0620. The van der Waals surface area contributed by atoms with Crippen molar-refractivity contribution in [1.82, 2.24) is 20.0 Å². The van der Waals surface area contributed by atoms with Gasteiger partial charge in [0.05, 0.1) is 28.8 Å². The molecule has 3 heterocycles. The number of nitrogens with one attached hydrogen (secondary N) is 1. The van der Waals surface area contributed by atoms with E-state index in [9.17, 15) is 13.2 Å². The molecule has 0 saturated carbocycles. The fourth-order valence-electron chi connectivity index (χ4n) is 3.35. The van der Waals surface area contributed by atoms with Gasteiger partial charge < -0.3 is 10.2 Å². The van der Waals surface area contributed by atoms with Gasteiger partial charge in [-0.1, -0.05) is 6.92 Å². The van der Waals surface area contributed by atoms with Gasteiger partial charge in [-0.3, -0.25) is 9.48 Å². The minimum Gasteiger partial charge on any atom is -0.332 e. The number of aryl methyl sites for hydroxylation is 2. The summed E-state index contributed by atoms with van der Waals surface area (Å²) in [4.78, 5) is 14.6. The number of nitrogens with zero attached hydrogens (tertiary/aromatic N) is 3. The molecule has 1 amide bonds. The van der Waals surface area contributed by atoms with Gasteiger partial charge in [0.25, 0.3) is 5.91 Å². The Kier molecular flexibility index (Phi) is 3.98. The largest absolute Gasteiger partial charge is 0.332 e. The number of hydrogen-bond donors (Lipinski definition) is 1. The van der Waals surface area contributed by atoms with Crippen LogP contribution in [0.15, 0.2) is 6.20 Å². The summed E-state index contributed by atoms with van der Waals surface area (Å²) < 4.78 is 25.5. The smallest absolute Gasteiger partial charge is 0.257 e. The summed E-state index contributed by atoms with van der Waals surface area (Å²) in [6.07, 6.45) is 2.73. The summed E-state index contributed by atoms with van der Waals surface area (Å²) in [6, 6.07) is -0.408. The number of amides is 1. The van der Waals surface area contributed by atoms with Gasteiger partial charge in [-0.15, -0.1) is 0 Å². The molecule has 2 aliphatic rings. The molecule has 0 aliphatic carbocycles. The van der Waals surface area contributed by atoms with Gasteiger partial charge in [0, 0.05) is 31.9 Å². The highest BCUT2D eigenvalue weighted by atomic mass is 32.2. The topological polar surface area (TPSA) is 84.3 Å². The number of piperazine rings is 1. The Labute approximate surface area is 130 Å². The van der Waals surface area contributed by atoms with E-state index in [-0.39, 0.29) is 29.5 Å². The molecule has 2 aliphatic heterocycles. The fourth-order valence-corrected chi connectivity index (χ4v) is 5.30. The van der Waals surface area contributed by atoms with Crippen LogP contribution in [0.3, 0.4) is 0 Å². The van der Waals surface area contributed by atoms with Gasteiger partial charge in [0.2, 0.25) is 0 Å². The summed E-state index contributed by atoms with van der Waals surface area (Å²) in [6.45, 7) is 5.82. The molecule has 0 bridgehead atoms. The van der Waals surface area contributed by atoms with Crippen molar-refractivity contribution in [2.45, 2.75) is 38.9 Å². The number of rotatable bonds is 3. The molecule has 22 heavy (non-hydrogen) atoms. The minimum atomic E-state index is -3.07. The van der Waals surface area contributed by atoms with E-state index in [0.29, 0.717) is 24.3 Å². The normalized spacial score (nSPS) is 26.9. The molecule has 122 valence electrons. The van der Waals surface area contributed by atoms with E-state index in [1.807, 2.05) is 6.92 Å². The average Bonchev–Trinajstić information content (AvgIpc) is 2.96. The predicted octanol–water partition coefficient (Wildman–Crippen LogP) is -0.187. The van der Waals surface area contributed by atoms with Crippen molar-refractivity contribution in [2.24, 2.45) is 0 Å². The van der Waals surface area contributed by atoms with Crippen LogP contribution in [-0.4, -0.2) is 65.7 Å². The Bertz CT molecular complexity index is 682. The SMILES string of the molecule is CCCn1cc(C(=O)N2CCN[C@H]3CS(=O)(=O)C[C@H]32)c(C)n1. The molecule has 0 spiro atoms. The van der Waals surface area contributed by atoms with Gasteiger partial charge in [-0.05, 0) is 13.3 Å². The molecule has 2 fully saturated rings. The summed E-state index contributed by atoms with van der Waals surface area (Å²) in [5.74, 6) is 0.0714. The Hall–Kier alpha value is -1.41. The Morgan fingerprint density at radius 3 is 2.95 bits per heavy atom. The van der Waals surface area contributed by atoms with E-state index in [4.69, 9.17) is 0 Å². The molecule has 2 saturated heterocycles. The first-order chi connectivity index (χ1) is 10.4. The third-order valence-corrected chi connectivity index (χ3v) is 6.09. The second kappa shape index (κ2) is 5.66. The van der Waals surface area contributed by atoms with Crippen molar-refractivity contribution >= 4 is 15.7 Å². The first kappa shape index (κ1) is 15.5. The zero-order valence-electron chi connectivity index (χ0n) is 12.9. The molecule has 1 N–H and O–H groups in total. The number of sulfone groups is 1. The molecule has 7 nitrogen and oxygen atoms in total. The molecule has 0 aromatic carbocycles. The molecule has 1 aromatic heterocycles. The van der Waals surface area contributed by atoms with E-state index in [0.717, 1.165) is 13.0 Å². The number of carbonyl (C=O) groups excluding carboxylic acids is 1. The monoisotopic (exact) mass is 326 g/mol. The maximum absolute atomic E-state index is 12.8. The van der Waals surface area contributed by atoms with Crippen molar-refractivity contribution in [1.29, 1.82) is 0 Å². The quantitative estimate of drug-likeness (QED) is 0.832. The molecule has 2 atom stereocenters. The minimum absolute atomic E-state index is 0.0541. The standard InChI is InChI=1S/C14H22N4O3S/c1-3-5-17-7-11(10(2)16-17)14(19)18-6-4-15-12-8-22(20,21)9-13(12)18/h7,12-13,15H,3-6,8-9H2,1-2H3/t12-,13+/m0/s1. The first-order valence-corrected chi connectivity index (χ1v) is 9.52. The Morgan fingerprint density at radius 2 is 2.23 bits per heavy atom. The lowest BCUT2D eigenvalue weighted by Crippen LogP contribution is -2.59. The van der Waals surface area contributed by atoms with Crippen molar-refractivity contribution in [2.75, 3.05) is 24.6 Å². The first-order valence-electron chi connectivity index (χ1n) is 7.70. The van der Waals surface area contributed by atoms with E-state index in [2.05, 4.69) is 17.3 Å². The highest BCUT2D eigenvalue weighted by molar-refractivity contribution is 7.91. The van der Waals surface area contributed by atoms with Gasteiger partial charge in [0.15, 0.2) is 9.84 Å². The molecule has 8 heteroatoms. The summed E-state index contributed by atoms with van der Waals surface area (Å²) >= 11 is 0. The summed E-state index contributed by atoms with van der Waals surface area (Å²) in [5.41, 5.74) is 1.28. The second-order valence-corrected chi connectivity index (χ2v) is 8.25. The van der Waals surface area contributed by atoms with Crippen molar-refractivity contribution < 1.29 is 13.2 Å². The number of fused-ring (bicyclic) bond motifs is 1. The predicted molar refractivity (Wildman–Crippen MR) is 82.5 cm³/mol. The van der Waals surface area contributed by atoms with Gasteiger partial charge in [-0.25, -0.2) is 8.42 Å². The number of hydrogen-bond acceptors (Lipinski definition) is 5. The van der Waals surface area contributed by atoms with Crippen LogP contribution in [0.2, 0.25) is 0 Å². The van der Waals surface area contributed by atoms with Crippen molar-refractivity contribution in [3.8, 4) is 0 Å².